The predicted octanol–water partition coefficient (Wildman–Crippen LogP) is 2.96. The molecule has 21 heavy (non-hydrogen) atoms. The second-order valence-corrected chi connectivity index (χ2v) is 7.77. The fraction of sp³-hybridized carbons (Fsp3) is 0.941. The highest BCUT2D eigenvalue weighted by molar-refractivity contribution is 5.77. The summed E-state index contributed by atoms with van der Waals surface area (Å²) in [4.78, 5) is 14.3. The van der Waals surface area contributed by atoms with Crippen LogP contribution in [0.5, 0.6) is 0 Å². The molecule has 0 unspecified atom stereocenters. The average molecular weight is 295 g/mol. The molecule has 0 aromatic carbocycles. The van der Waals surface area contributed by atoms with E-state index in [-0.39, 0.29) is 5.41 Å². The van der Waals surface area contributed by atoms with Crippen LogP contribution >= 0.6 is 0 Å². The monoisotopic (exact) mass is 295 g/mol. The molecular formula is C17H29NO3. The fourth-order valence-corrected chi connectivity index (χ4v) is 3.82. The van der Waals surface area contributed by atoms with Gasteiger partial charge in [0.05, 0.1) is 18.6 Å². The molecular weight excluding hydrogens is 266 g/mol. The first-order valence-corrected chi connectivity index (χ1v) is 8.54. The van der Waals surface area contributed by atoms with Crippen molar-refractivity contribution >= 4 is 5.91 Å². The third-order valence-corrected chi connectivity index (χ3v) is 5.35. The number of nitrogens with zero attached hydrogens (tertiary/aromatic N) is 1. The molecule has 4 heteroatoms. The van der Waals surface area contributed by atoms with Crippen LogP contribution in [0.2, 0.25) is 0 Å². The van der Waals surface area contributed by atoms with Crippen molar-refractivity contribution in [3.05, 3.63) is 0 Å². The molecule has 1 amide bonds. The summed E-state index contributed by atoms with van der Waals surface area (Å²) in [6, 6.07) is 0. The fourth-order valence-electron chi connectivity index (χ4n) is 3.82. The summed E-state index contributed by atoms with van der Waals surface area (Å²) in [6.45, 7) is 6.95. The van der Waals surface area contributed by atoms with E-state index in [1.165, 1.54) is 32.1 Å². The minimum atomic E-state index is -0.462. The van der Waals surface area contributed by atoms with Gasteiger partial charge in [0.25, 0.3) is 0 Å². The third-order valence-electron chi connectivity index (χ3n) is 5.35. The highest BCUT2D eigenvalue weighted by Gasteiger charge is 2.49. The lowest BCUT2D eigenvalue weighted by Crippen LogP contribution is -2.65. The van der Waals surface area contributed by atoms with Gasteiger partial charge >= 0.3 is 0 Å². The molecule has 2 aliphatic heterocycles. The minimum absolute atomic E-state index is 0.0655. The molecule has 0 aromatic heterocycles. The molecule has 1 saturated carbocycles. The molecule has 3 rings (SSSR count). The molecule has 1 spiro atoms. The van der Waals surface area contributed by atoms with Crippen molar-refractivity contribution in [2.75, 3.05) is 26.3 Å². The molecule has 2 heterocycles. The zero-order valence-corrected chi connectivity index (χ0v) is 13.5. The summed E-state index contributed by atoms with van der Waals surface area (Å²) >= 11 is 0. The second kappa shape index (κ2) is 5.88. The third kappa shape index (κ3) is 3.59. The van der Waals surface area contributed by atoms with Gasteiger partial charge < -0.3 is 14.4 Å². The first-order chi connectivity index (χ1) is 9.98. The van der Waals surface area contributed by atoms with Crippen molar-refractivity contribution in [1.29, 1.82) is 0 Å². The van der Waals surface area contributed by atoms with Crippen LogP contribution in [0.15, 0.2) is 0 Å². The van der Waals surface area contributed by atoms with E-state index < -0.39 is 5.79 Å². The maximum Gasteiger partial charge on any atom is 0.222 e. The number of hydrogen-bond acceptors (Lipinski definition) is 3. The van der Waals surface area contributed by atoms with Crippen molar-refractivity contribution in [1.82, 2.24) is 4.90 Å². The van der Waals surface area contributed by atoms with Crippen molar-refractivity contribution in [2.45, 2.75) is 64.6 Å². The van der Waals surface area contributed by atoms with Crippen LogP contribution in [-0.4, -0.2) is 42.9 Å². The van der Waals surface area contributed by atoms with Gasteiger partial charge in [-0.05, 0) is 26.2 Å². The molecule has 0 N–H and O–H groups in total. The topological polar surface area (TPSA) is 38.8 Å². The van der Waals surface area contributed by atoms with E-state index in [4.69, 9.17) is 9.47 Å². The second-order valence-electron chi connectivity index (χ2n) is 7.77. The number of likely N-dealkylation sites (tertiary alicyclic amines) is 1. The summed E-state index contributed by atoms with van der Waals surface area (Å²) in [6.07, 6.45) is 8.57. The van der Waals surface area contributed by atoms with Crippen LogP contribution in [0.1, 0.15) is 58.8 Å². The average Bonchev–Trinajstić information content (AvgIpc) is 2.44. The Bertz CT molecular complexity index is 369. The van der Waals surface area contributed by atoms with E-state index in [1.807, 2.05) is 18.7 Å². The number of hydrogen-bond donors (Lipinski definition) is 0. The van der Waals surface area contributed by atoms with Crippen LogP contribution in [0, 0.1) is 11.3 Å². The molecule has 0 atom stereocenters. The Balaban J connectivity index is 1.38. The van der Waals surface area contributed by atoms with Crippen LogP contribution in [0.3, 0.4) is 0 Å². The molecule has 0 radical (unpaired) electrons. The number of carbonyl (C=O) groups is 1. The van der Waals surface area contributed by atoms with Gasteiger partial charge in [-0.15, -0.1) is 0 Å². The smallest absolute Gasteiger partial charge is 0.222 e. The van der Waals surface area contributed by atoms with Gasteiger partial charge in [-0.3, -0.25) is 4.79 Å². The Morgan fingerprint density at radius 2 is 1.71 bits per heavy atom. The highest BCUT2D eigenvalue weighted by Crippen LogP contribution is 2.38. The Labute approximate surface area is 128 Å². The molecule has 0 bridgehead atoms. The van der Waals surface area contributed by atoms with Gasteiger partial charge in [0.1, 0.15) is 0 Å². The largest absolute Gasteiger partial charge is 0.350 e. The number of ether oxygens (including phenoxy) is 2. The summed E-state index contributed by atoms with van der Waals surface area (Å²) in [7, 11) is 0. The van der Waals surface area contributed by atoms with Crippen LogP contribution in [0.25, 0.3) is 0 Å². The SMILES string of the molecule is CC1(C)OCC2(CO1)CN(C(=O)CCC1CCCCC1)C2. The van der Waals surface area contributed by atoms with E-state index in [0.717, 1.165) is 31.8 Å². The van der Waals surface area contributed by atoms with Gasteiger partial charge in [0.2, 0.25) is 5.91 Å². The zero-order chi connectivity index (χ0) is 14.9. The number of amides is 1. The van der Waals surface area contributed by atoms with Crippen molar-refractivity contribution in [3.63, 3.8) is 0 Å². The normalized spacial score (nSPS) is 28.4. The summed E-state index contributed by atoms with van der Waals surface area (Å²) in [5.41, 5.74) is 0.0655. The van der Waals surface area contributed by atoms with Crippen LogP contribution < -0.4 is 0 Å². The van der Waals surface area contributed by atoms with E-state index in [9.17, 15) is 4.79 Å². The molecule has 3 fully saturated rings. The molecule has 3 aliphatic rings. The minimum Gasteiger partial charge on any atom is -0.350 e. The Hall–Kier alpha value is -0.610. The lowest BCUT2D eigenvalue weighted by molar-refractivity contribution is -0.303. The maximum absolute atomic E-state index is 12.3. The Kier molecular flexibility index (Phi) is 4.28. The van der Waals surface area contributed by atoms with Crippen LogP contribution in [0.4, 0.5) is 0 Å². The first-order valence-electron chi connectivity index (χ1n) is 8.54. The van der Waals surface area contributed by atoms with Gasteiger partial charge in [-0.2, -0.15) is 0 Å². The van der Waals surface area contributed by atoms with E-state index in [1.54, 1.807) is 0 Å². The van der Waals surface area contributed by atoms with Gasteiger partial charge in [0, 0.05) is 19.5 Å². The summed E-state index contributed by atoms with van der Waals surface area (Å²) in [5.74, 6) is 0.660. The number of carbonyl (C=O) groups excluding carboxylic acids is 1. The maximum atomic E-state index is 12.3. The van der Waals surface area contributed by atoms with E-state index >= 15 is 0 Å². The van der Waals surface area contributed by atoms with Crippen molar-refractivity contribution in [3.8, 4) is 0 Å². The first kappa shape index (κ1) is 15.3. The molecule has 4 nitrogen and oxygen atoms in total. The zero-order valence-electron chi connectivity index (χ0n) is 13.5. The lowest BCUT2D eigenvalue weighted by atomic mass is 9.80. The van der Waals surface area contributed by atoms with E-state index in [2.05, 4.69) is 0 Å². The molecule has 2 saturated heterocycles. The summed E-state index contributed by atoms with van der Waals surface area (Å²) < 4.78 is 11.5. The molecule has 120 valence electrons. The Morgan fingerprint density at radius 3 is 2.33 bits per heavy atom. The predicted molar refractivity (Wildman–Crippen MR) is 80.8 cm³/mol. The van der Waals surface area contributed by atoms with E-state index in [0.29, 0.717) is 19.1 Å². The van der Waals surface area contributed by atoms with Crippen molar-refractivity contribution < 1.29 is 14.3 Å². The highest BCUT2D eigenvalue weighted by atomic mass is 16.7. The quantitative estimate of drug-likeness (QED) is 0.803. The van der Waals surface area contributed by atoms with Crippen molar-refractivity contribution in [2.24, 2.45) is 11.3 Å². The van der Waals surface area contributed by atoms with Gasteiger partial charge in [-0.25, -0.2) is 0 Å². The number of rotatable bonds is 3. The summed E-state index contributed by atoms with van der Waals surface area (Å²) in [5, 5.41) is 0. The standard InChI is InChI=1S/C17H29NO3/c1-16(2)20-12-17(13-21-16)10-18(11-17)15(19)9-8-14-6-4-3-5-7-14/h14H,3-13H2,1-2H3. The lowest BCUT2D eigenvalue weighted by Gasteiger charge is -2.54. The van der Waals surface area contributed by atoms with Gasteiger partial charge in [-0.1, -0.05) is 32.1 Å². The molecule has 1 aliphatic carbocycles. The Morgan fingerprint density at radius 1 is 1.10 bits per heavy atom. The van der Waals surface area contributed by atoms with Gasteiger partial charge in [0.15, 0.2) is 5.79 Å². The molecule has 0 aromatic rings. The van der Waals surface area contributed by atoms with Crippen LogP contribution in [-0.2, 0) is 14.3 Å².